The zero-order valence-electron chi connectivity index (χ0n) is 16.5. The van der Waals surface area contributed by atoms with Crippen LogP contribution < -0.4 is 15.4 Å². The van der Waals surface area contributed by atoms with Gasteiger partial charge in [0.25, 0.3) is 0 Å². The van der Waals surface area contributed by atoms with E-state index in [1.54, 1.807) is 0 Å². The number of pyridine rings is 1. The Balaban J connectivity index is 1.57. The highest BCUT2D eigenvalue weighted by molar-refractivity contribution is 5.92. The predicted octanol–water partition coefficient (Wildman–Crippen LogP) is 2.79. The lowest BCUT2D eigenvalue weighted by molar-refractivity contribution is -0.117. The normalized spacial score (nSPS) is 17.0. The molecular formula is C22H28N4O2. The van der Waals surface area contributed by atoms with Crippen LogP contribution in [-0.4, -0.2) is 41.9 Å². The van der Waals surface area contributed by atoms with Crippen LogP contribution in [0.4, 0.5) is 11.5 Å². The zero-order valence-corrected chi connectivity index (χ0v) is 16.5. The van der Waals surface area contributed by atoms with Gasteiger partial charge in [-0.1, -0.05) is 24.3 Å². The Morgan fingerprint density at radius 3 is 2.64 bits per heavy atom. The monoisotopic (exact) mass is 380 g/mol. The summed E-state index contributed by atoms with van der Waals surface area (Å²) in [5, 5.41) is 0. The number of nitrogens with zero attached hydrogens (tertiary/aromatic N) is 3. The molecule has 0 amide bonds. The molecule has 148 valence electrons. The Morgan fingerprint density at radius 1 is 1.14 bits per heavy atom. The molecule has 28 heavy (non-hydrogen) atoms. The van der Waals surface area contributed by atoms with E-state index in [4.69, 9.17) is 10.5 Å². The van der Waals surface area contributed by atoms with E-state index in [2.05, 4.69) is 39.0 Å². The van der Waals surface area contributed by atoms with Crippen LogP contribution in [0.25, 0.3) is 0 Å². The summed E-state index contributed by atoms with van der Waals surface area (Å²) in [5.74, 6) is 1.07. The molecule has 2 aromatic rings. The number of nitrogen functional groups attached to an aromatic ring is 1. The second-order valence-electron chi connectivity index (χ2n) is 7.65. The van der Waals surface area contributed by atoms with E-state index in [1.807, 2.05) is 13.0 Å². The number of aromatic nitrogens is 1. The number of likely N-dealkylation sites (tertiary alicyclic amines) is 1. The molecule has 3 heterocycles. The van der Waals surface area contributed by atoms with Gasteiger partial charge in [0.1, 0.15) is 5.82 Å². The first-order valence-corrected chi connectivity index (χ1v) is 10.1. The molecule has 1 fully saturated rings. The highest BCUT2D eigenvalue weighted by Gasteiger charge is 2.26. The summed E-state index contributed by atoms with van der Waals surface area (Å²) in [6, 6.07) is 10.6. The molecule has 2 N–H and O–H groups in total. The van der Waals surface area contributed by atoms with Crippen molar-refractivity contribution in [2.24, 2.45) is 0 Å². The number of ketones is 1. The number of hydrogen-bond acceptors (Lipinski definition) is 6. The Labute approximate surface area is 166 Å². The van der Waals surface area contributed by atoms with Crippen molar-refractivity contribution in [3.8, 4) is 5.88 Å². The third-order valence-corrected chi connectivity index (χ3v) is 5.45. The minimum absolute atomic E-state index is 0.165. The number of ether oxygens (including phenoxy) is 1. The summed E-state index contributed by atoms with van der Waals surface area (Å²) in [4.78, 5) is 21.2. The maximum atomic E-state index is 12.3. The van der Waals surface area contributed by atoms with Crippen molar-refractivity contribution in [2.75, 3.05) is 36.9 Å². The average Bonchev–Trinajstić information content (AvgIpc) is 3.16. The maximum Gasteiger partial charge on any atom is 0.217 e. The summed E-state index contributed by atoms with van der Waals surface area (Å²) in [7, 11) is 0. The molecule has 1 aromatic carbocycles. The average molecular weight is 380 g/mol. The summed E-state index contributed by atoms with van der Waals surface area (Å²) in [5.41, 5.74) is 10.4. The number of nitrogens with two attached hydrogens (primary N) is 1. The number of fused-ring (bicyclic) bond motifs is 1. The van der Waals surface area contributed by atoms with Crippen LogP contribution >= 0.6 is 0 Å². The van der Waals surface area contributed by atoms with Crippen LogP contribution in [0.5, 0.6) is 5.88 Å². The molecule has 2 aliphatic rings. The van der Waals surface area contributed by atoms with Crippen LogP contribution in [0.3, 0.4) is 0 Å². The van der Waals surface area contributed by atoms with Gasteiger partial charge in [-0.3, -0.25) is 9.69 Å². The van der Waals surface area contributed by atoms with Crippen LogP contribution in [0, 0.1) is 0 Å². The molecule has 0 radical (unpaired) electrons. The molecule has 2 aliphatic heterocycles. The van der Waals surface area contributed by atoms with Crippen molar-refractivity contribution in [3.63, 3.8) is 0 Å². The smallest absolute Gasteiger partial charge is 0.217 e. The molecule has 6 heteroatoms. The van der Waals surface area contributed by atoms with Gasteiger partial charge in [-0.05, 0) is 44.0 Å². The molecule has 0 saturated carbocycles. The zero-order chi connectivity index (χ0) is 19.5. The van der Waals surface area contributed by atoms with E-state index in [-0.39, 0.29) is 5.78 Å². The fourth-order valence-electron chi connectivity index (χ4n) is 4.18. The van der Waals surface area contributed by atoms with Gasteiger partial charge in [-0.25, -0.2) is 0 Å². The van der Waals surface area contributed by atoms with Crippen LogP contribution in [0.15, 0.2) is 30.3 Å². The van der Waals surface area contributed by atoms with Crippen LogP contribution in [-0.2, 0) is 24.3 Å². The van der Waals surface area contributed by atoms with Crippen molar-refractivity contribution in [1.82, 2.24) is 9.88 Å². The minimum atomic E-state index is 0.165. The Bertz CT molecular complexity index is 862. The fraction of sp³-hybridized carbons (Fsp3) is 0.455. The highest BCUT2D eigenvalue weighted by atomic mass is 16.5. The number of carbonyl (C=O) groups excluding carboxylic acids is 1. The van der Waals surface area contributed by atoms with Crippen molar-refractivity contribution in [2.45, 2.75) is 39.3 Å². The molecule has 1 aromatic heterocycles. The molecule has 0 unspecified atom stereocenters. The van der Waals surface area contributed by atoms with Gasteiger partial charge < -0.3 is 15.4 Å². The maximum absolute atomic E-state index is 12.3. The number of Topliss-reactive ketones (excluding diaryl/α,β-unsaturated/α-hetero) is 1. The molecule has 0 atom stereocenters. The van der Waals surface area contributed by atoms with Crippen molar-refractivity contribution in [1.29, 1.82) is 0 Å². The van der Waals surface area contributed by atoms with Crippen molar-refractivity contribution < 1.29 is 9.53 Å². The number of benzene rings is 1. The van der Waals surface area contributed by atoms with Gasteiger partial charge in [-0.2, -0.15) is 4.98 Å². The third kappa shape index (κ3) is 4.12. The second kappa shape index (κ2) is 8.19. The van der Waals surface area contributed by atoms with Crippen LogP contribution in [0.1, 0.15) is 36.5 Å². The first-order chi connectivity index (χ1) is 13.6. The van der Waals surface area contributed by atoms with Gasteiger partial charge in [0.2, 0.25) is 5.88 Å². The van der Waals surface area contributed by atoms with Gasteiger partial charge in [0.15, 0.2) is 5.78 Å². The van der Waals surface area contributed by atoms with E-state index >= 15 is 0 Å². The first-order valence-electron chi connectivity index (χ1n) is 10.1. The molecule has 0 spiro atoms. The summed E-state index contributed by atoms with van der Waals surface area (Å²) in [6.07, 6.45) is 2.93. The van der Waals surface area contributed by atoms with Gasteiger partial charge in [-0.15, -0.1) is 0 Å². The largest absolute Gasteiger partial charge is 0.478 e. The molecular weight excluding hydrogens is 352 g/mol. The second-order valence-corrected chi connectivity index (χ2v) is 7.65. The van der Waals surface area contributed by atoms with Crippen molar-refractivity contribution >= 4 is 17.3 Å². The standard InChI is InChI=1S/C22H28N4O2/c1-2-28-21-12-20-19(22(23)24-21)11-18(27)15-26(20)14-17-7-5-6-16(10-17)13-25-8-3-4-9-25/h5-7,10,12H,2-4,8-9,11,13-15H2,1H3,(H2,23,24). The lowest BCUT2D eigenvalue weighted by atomic mass is 10.0. The van der Waals surface area contributed by atoms with Gasteiger partial charge >= 0.3 is 0 Å². The van der Waals surface area contributed by atoms with E-state index < -0.39 is 0 Å². The number of rotatable bonds is 6. The van der Waals surface area contributed by atoms with Gasteiger partial charge in [0.05, 0.1) is 18.8 Å². The molecule has 1 saturated heterocycles. The predicted molar refractivity (Wildman–Crippen MR) is 111 cm³/mol. The molecule has 4 rings (SSSR count). The highest BCUT2D eigenvalue weighted by Crippen LogP contribution is 2.33. The van der Waals surface area contributed by atoms with Gasteiger partial charge in [0, 0.05) is 31.1 Å². The first kappa shape index (κ1) is 18.7. The third-order valence-electron chi connectivity index (χ3n) is 5.45. The van der Waals surface area contributed by atoms with E-state index in [9.17, 15) is 4.79 Å². The van der Waals surface area contributed by atoms with E-state index in [0.717, 1.165) is 17.8 Å². The number of hydrogen-bond donors (Lipinski definition) is 1. The minimum Gasteiger partial charge on any atom is -0.478 e. The summed E-state index contributed by atoms with van der Waals surface area (Å²) >= 11 is 0. The van der Waals surface area contributed by atoms with Crippen LogP contribution in [0.2, 0.25) is 0 Å². The Kier molecular flexibility index (Phi) is 5.48. The van der Waals surface area contributed by atoms with E-state index in [0.29, 0.717) is 37.8 Å². The quantitative estimate of drug-likeness (QED) is 0.831. The molecule has 0 bridgehead atoms. The number of carbonyl (C=O) groups is 1. The fourth-order valence-corrected chi connectivity index (χ4v) is 4.18. The molecule has 6 nitrogen and oxygen atoms in total. The SMILES string of the molecule is CCOc1cc2c(c(N)n1)CC(=O)CN2Cc1cccc(CN2CCCC2)c1. The lowest BCUT2D eigenvalue weighted by Gasteiger charge is -2.31. The summed E-state index contributed by atoms with van der Waals surface area (Å²) < 4.78 is 5.56. The topological polar surface area (TPSA) is 71.7 Å². The number of anilines is 2. The van der Waals surface area contributed by atoms with E-state index in [1.165, 1.54) is 37.1 Å². The summed E-state index contributed by atoms with van der Waals surface area (Å²) in [6.45, 7) is 6.87. The molecule has 0 aliphatic carbocycles. The Morgan fingerprint density at radius 2 is 1.89 bits per heavy atom. The van der Waals surface area contributed by atoms with Crippen molar-refractivity contribution in [3.05, 3.63) is 47.0 Å². The lowest BCUT2D eigenvalue weighted by Crippen LogP contribution is -2.36. The Hall–Kier alpha value is -2.60.